The molecule has 4 nitrogen and oxygen atoms in total. The highest BCUT2D eigenvalue weighted by Crippen LogP contribution is 2.43. The van der Waals surface area contributed by atoms with E-state index in [0.717, 1.165) is 45.4 Å². The van der Waals surface area contributed by atoms with Crippen LogP contribution in [0.25, 0.3) is 0 Å². The fourth-order valence-corrected chi connectivity index (χ4v) is 2.57. The average Bonchev–Trinajstić information content (AvgIpc) is 3.04. The molecule has 0 aromatic rings. The molecule has 1 aliphatic carbocycles. The summed E-state index contributed by atoms with van der Waals surface area (Å²) in [5, 5.41) is 3.35. The summed E-state index contributed by atoms with van der Waals surface area (Å²) in [6, 6.07) is 0. The van der Waals surface area contributed by atoms with Crippen molar-refractivity contribution in [3.8, 4) is 0 Å². The Kier molecular flexibility index (Phi) is 2.98. The van der Waals surface area contributed by atoms with Gasteiger partial charge < -0.3 is 11.1 Å². The first kappa shape index (κ1) is 10.9. The normalized spacial score (nSPS) is 28.1. The molecule has 2 rings (SSSR count). The van der Waals surface area contributed by atoms with Crippen molar-refractivity contribution in [2.75, 3.05) is 26.2 Å². The van der Waals surface area contributed by atoms with E-state index in [-0.39, 0.29) is 5.91 Å². The fraction of sp³-hybridized carbons (Fsp3) is 0.909. The molecule has 2 fully saturated rings. The molecule has 1 saturated carbocycles. The lowest BCUT2D eigenvalue weighted by Gasteiger charge is -2.38. The summed E-state index contributed by atoms with van der Waals surface area (Å²) in [6.07, 6.45) is 3.42. The van der Waals surface area contributed by atoms with Gasteiger partial charge in [0.15, 0.2) is 0 Å². The van der Waals surface area contributed by atoms with Gasteiger partial charge in [-0.3, -0.25) is 9.69 Å². The van der Waals surface area contributed by atoms with E-state index in [0.29, 0.717) is 5.92 Å². The molecule has 15 heavy (non-hydrogen) atoms. The van der Waals surface area contributed by atoms with Crippen LogP contribution in [0.4, 0.5) is 0 Å². The van der Waals surface area contributed by atoms with Gasteiger partial charge in [-0.05, 0) is 38.6 Å². The van der Waals surface area contributed by atoms with Crippen LogP contribution in [0.2, 0.25) is 0 Å². The van der Waals surface area contributed by atoms with Crippen LogP contribution in [0.15, 0.2) is 0 Å². The molecule has 0 bridgehead atoms. The smallest absolute Gasteiger partial charge is 0.237 e. The van der Waals surface area contributed by atoms with Gasteiger partial charge in [-0.25, -0.2) is 0 Å². The molecule has 1 heterocycles. The van der Waals surface area contributed by atoms with E-state index >= 15 is 0 Å². The third-order valence-corrected chi connectivity index (χ3v) is 3.87. The minimum absolute atomic E-state index is 0.146. The van der Waals surface area contributed by atoms with Crippen molar-refractivity contribution >= 4 is 5.91 Å². The summed E-state index contributed by atoms with van der Waals surface area (Å²) in [5.41, 5.74) is 5.20. The minimum atomic E-state index is -0.397. The van der Waals surface area contributed by atoms with Crippen LogP contribution in [0, 0.1) is 5.92 Å². The van der Waals surface area contributed by atoms with E-state index in [1.807, 2.05) is 6.92 Å². The molecule has 1 atom stereocenters. The molecule has 0 spiro atoms. The second-order valence-corrected chi connectivity index (χ2v) is 4.88. The second-order valence-electron chi connectivity index (χ2n) is 4.88. The quantitative estimate of drug-likeness (QED) is 0.687. The van der Waals surface area contributed by atoms with Crippen LogP contribution in [0.5, 0.6) is 0 Å². The molecule has 1 amide bonds. The number of nitrogens with two attached hydrogens (primary N) is 1. The highest BCUT2D eigenvalue weighted by Gasteiger charge is 2.49. The number of hydrogen-bond donors (Lipinski definition) is 2. The zero-order valence-electron chi connectivity index (χ0n) is 9.46. The molecule has 86 valence electrons. The lowest BCUT2D eigenvalue weighted by molar-refractivity contribution is -0.130. The summed E-state index contributed by atoms with van der Waals surface area (Å²) in [7, 11) is 0. The van der Waals surface area contributed by atoms with Gasteiger partial charge in [0.05, 0.1) is 0 Å². The third-order valence-electron chi connectivity index (χ3n) is 3.87. The molecule has 2 aliphatic rings. The zero-order valence-corrected chi connectivity index (χ0v) is 9.46. The molecule has 0 radical (unpaired) electrons. The predicted molar refractivity (Wildman–Crippen MR) is 59.4 cm³/mol. The first-order chi connectivity index (χ1) is 7.15. The van der Waals surface area contributed by atoms with Crippen molar-refractivity contribution in [3.63, 3.8) is 0 Å². The fourth-order valence-electron chi connectivity index (χ4n) is 2.57. The Morgan fingerprint density at radius 2 is 2.13 bits per heavy atom. The second kappa shape index (κ2) is 4.10. The molecule has 4 heteroatoms. The van der Waals surface area contributed by atoms with E-state index < -0.39 is 5.54 Å². The van der Waals surface area contributed by atoms with Gasteiger partial charge in [-0.2, -0.15) is 0 Å². The highest BCUT2D eigenvalue weighted by atomic mass is 16.1. The number of nitrogens with zero attached hydrogens (tertiary/aromatic N) is 1. The van der Waals surface area contributed by atoms with E-state index in [4.69, 9.17) is 5.73 Å². The Bertz CT molecular complexity index is 244. The van der Waals surface area contributed by atoms with Gasteiger partial charge >= 0.3 is 0 Å². The molecule has 3 N–H and O–H groups in total. The number of carbonyl (C=O) groups is 1. The number of nitrogens with one attached hydrogen (secondary N) is 1. The maximum atomic E-state index is 11.7. The standard InChI is InChI=1S/C11H21N3O/c1-11(10(12)15,9-3-4-9)14-7-2-5-13-6-8-14/h9,13H,2-8H2,1H3,(H2,12,15). The summed E-state index contributed by atoms with van der Waals surface area (Å²) >= 11 is 0. The maximum Gasteiger partial charge on any atom is 0.237 e. The molecule has 1 unspecified atom stereocenters. The van der Waals surface area contributed by atoms with Crippen LogP contribution in [0.3, 0.4) is 0 Å². The number of primary amides is 1. The Hall–Kier alpha value is -0.610. The summed E-state index contributed by atoms with van der Waals surface area (Å²) in [4.78, 5) is 14.0. The van der Waals surface area contributed by atoms with Gasteiger partial charge in [0.1, 0.15) is 5.54 Å². The largest absolute Gasteiger partial charge is 0.368 e. The van der Waals surface area contributed by atoms with Crippen LogP contribution in [-0.4, -0.2) is 42.5 Å². The van der Waals surface area contributed by atoms with Gasteiger partial charge in [-0.15, -0.1) is 0 Å². The van der Waals surface area contributed by atoms with Crippen molar-refractivity contribution in [2.45, 2.75) is 31.7 Å². The van der Waals surface area contributed by atoms with E-state index in [2.05, 4.69) is 10.2 Å². The molecule has 1 aliphatic heterocycles. The Morgan fingerprint density at radius 3 is 2.73 bits per heavy atom. The number of amides is 1. The van der Waals surface area contributed by atoms with Crippen LogP contribution in [0.1, 0.15) is 26.2 Å². The van der Waals surface area contributed by atoms with Gasteiger partial charge in [-0.1, -0.05) is 0 Å². The van der Waals surface area contributed by atoms with Crippen LogP contribution in [-0.2, 0) is 4.79 Å². The number of hydrogen-bond acceptors (Lipinski definition) is 3. The zero-order chi connectivity index (χ0) is 10.9. The Balaban J connectivity index is 2.11. The van der Waals surface area contributed by atoms with E-state index in [1.165, 1.54) is 0 Å². The lowest BCUT2D eigenvalue weighted by Crippen LogP contribution is -2.58. The van der Waals surface area contributed by atoms with Gasteiger partial charge in [0, 0.05) is 19.6 Å². The maximum absolute atomic E-state index is 11.7. The summed E-state index contributed by atoms with van der Waals surface area (Å²) in [5.74, 6) is 0.347. The molecule has 0 aromatic heterocycles. The first-order valence-electron chi connectivity index (χ1n) is 5.91. The topological polar surface area (TPSA) is 58.4 Å². The van der Waals surface area contributed by atoms with Gasteiger partial charge in [0.25, 0.3) is 0 Å². The molecular weight excluding hydrogens is 190 g/mol. The molecule has 0 aromatic carbocycles. The van der Waals surface area contributed by atoms with Gasteiger partial charge in [0.2, 0.25) is 5.91 Å². The molecular formula is C11H21N3O. The van der Waals surface area contributed by atoms with Crippen molar-refractivity contribution in [1.29, 1.82) is 0 Å². The van der Waals surface area contributed by atoms with Crippen LogP contribution < -0.4 is 11.1 Å². The summed E-state index contributed by atoms with van der Waals surface area (Å²) < 4.78 is 0. The third kappa shape index (κ3) is 2.01. The molecule has 1 saturated heterocycles. The lowest BCUT2D eigenvalue weighted by atomic mass is 9.92. The SMILES string of the molecule is CC(C(N)=O)(C1CC1)N1CCCNCC1. The van der Waals surface area contributed by atoms with E-state index in [9.17, 15) is 4.79 Å². The van der Waals surface area contributed by atoms with Crippen molar-refractivity contribution < 1.29 is 4.79 Å². The predicted octanol–water partition coefficient (Wildman–Crippen LogP) is -0.0643. The number of rotatable bonds is 3. The van der Waals surface area contributed by atoms with Crippen molar-refractivity contribution in [2.24, 2.45) is 11.7 Å². The summed E-state index contributed by atoms with van der Waals surface area (Å²) in [6.45, 7) is 5.97. The van der Waals surface area contributed by atoms with Crippen molar-refractivity contribution in [1.82, 2.24) is 10.2 Å². The minimum Gasteiger partial charge on any atom is -0.368 e. The van der Waals surface area contributed by atoms with Crippen molar-refractivity contribution in [3.05, 3.63) is 0 Å². The number of carbonyl (C=O) groups excluding carboxylic acids is 1. The monoisotopic (exact) mass is 211 g/mol. The highest BCUT2D eigenvalue weighted by molar-refractivity contribution is 5.85. The van der Waals surface area contributed by atoms with E-state index in [1.54, 1.807) is 0 Å². The van der Waals surface area contributed by atoms with Crippen LogP contribution >= 0.6 is 0 Å². The average molecular weight is 211 g/mol. The Morgan fingerprint density at radius 1 is 1.40 bits per heavy atom. The Labute approximate surface area is 91.2 Å². The first-order valence-corrected chi connectivity index (χ1v) is 5.91.